The average molecular weight is 296 g/mol. The number of nitrogen functional groups attached to an aromatic ring is 1. The molecule has 1 heterocycles. The number of hydrogen-bond donors (Lipinski definition) is 1. The molecule has 0 aliphatic carbocycles. The lowest BCUT2D eigenvalue weighted by Crippen LogP contribution is -1.82. The van der Waals surface area contributed by atoms with Gasteiger partial charge in [-0.15, -0.1) is 0 Å². The molecule has 0 fully saturated rings. The predicted molar refractivity (Wildman–Crippen MR) is 100 cm³/mol. The molecule has 0 unspecified atom stereocenters. The standard InChI is InChI=1S/C11H11N.C7H9N.2CH4/c1-8-3-4-11-10(7-8)9(2)5-6-12-11;1-6-2-4-7(8)5-3-6;;/h3-7H,1-2H3;2-5H,8H2,1H3;2*1H4. The van der Waals surface area contributed by atoms with E-state index in [9.17, 15) is 0 Å². The quantitative estimate of drug-likeness (QED) is 0.540. The highest BCUT2D eigenvalue weighted by molar-refractivity contribution is 5.82. The van der Waals surface area contributed by atoms with Crippen LogP contribution in [0.1, 0.15) is 31.5 Å². The highest BCUT2D eigenvalue weighted by Crippen LogP contribution is 2.16. The SMILES string of the molecule is C.C.Cc1ccc(N)cc1.Cc1ccc2nccc(C)c2c1. The van der Waals surface area contributed by atoms with Gasteiger partial charge in [0.1, 0.15) is 0 Å². The molecule has 2 aromatic carbocycles. The van der Waals surface area contributed by atoms with E-state index in [2.05, 4.69) is 37.0 Å². The Balaban J connectivity index is 0.000000393. The summed E-state index contributed by atoms with van der Waals surface area (Å²) in [4.78, 5) is 4.28. The van der Waals surface area contributed by atoms with E-state index in [-0.39, 0.29) is 14.9 Å². The molecule has 0 radical (unpaired) electrons. The van der Waals surface area contributed by atoms with Crippen LogP contribution >= 0.6 is 0 Å². The molecule has 0 saturated heterocycles. The molecule has 3 rings (SSSR count). The van der Waals surface area contributed by atoms with Crippen molar-refractivity contribution in [3.05, 3.63) is 71.4 Å². The Morgan fingerprint density at radius 2 is 1.36 bits per heavy atom. The van der Waals surface area contributed by atoms with Crippen LogP contribution in [0.25, 0.3) is 10.9 Å². The van der Waals surface area contributed by atoms with E-state index < -0.39 is 0 Å². The third-order valence-electron chi connectivity index (χ3n) is 3.19. The summed E-state index contributed by atoms with van der Waals surface area (Å²) in [6.45, 7) is 6.26. The van der Waals surface area contributed by atoms with Gasteiger partial charge < -0.3 is 5.73 Å². The van der Waals surface area contributed by atoms with Gasteiger partial charge >= 0.3 is 0 Å². The molecule has 0 bridgehead atoms. The number of nitrogens with zero attached hydrogens (tertiary/aromatic N) is 1. The Labute approximate surface area is 135 Å². The Bertz CT molecular complexity index is 679. The Morgan fingerprint density at radius 3 is 1.95 bits per heavy atom. The van der Waals surface area contributed by atoms with Gasteiger partial charge in [-0.1, -0.05) is 44.2 Å². The Hall–Kier alpha value is -2.35. The van der Waals surface area contributed by atoms with Crippen molar-refractivity contribution in [1.82, 2.24) is 4.98 Å². The maximum absolute atomic E-state index is 5.43. The molecule has 0 spiro atoms. The van der Waals surface area contributed by atoms with Crippen molar-refractivity contribution in [3.8, 4) is 0 Å². The number of fused-ring (bicyclic) bond motifs is 1. The van der Waals surface area contributed by atoms with Gasteiger partial charge in [-0.25, -0.2) is 0 Å². The summed E-state index contributed by atoms with van der Waals surface area (Å²) in [6, 6.07) is 16.2. The number of rotatable bonds is 0. The topological polar surface area (TPSA) is 38.9 Å². The van der Waals surface area contributed by atoms with Gasteiger partial charge in [-0.2, -0.15) is 0 Å². The lowest BCUT2D eigenvalue weighted by molar-refractivity contribution is 1.35. The molecule has 0 saturated carbocycles. The van der Waals surface area contributed by atoms with Crippen molar-refractivity contribution in [3.63, 3.8) is 0 Å². The Kier molecular flexibility index (Phi) is 7.89. The zero-order chi connectivity index (χ0) is 14.5. The summed E-state index contributed by atoms with van der Waals surface area (Å²) in [5, 5.41) is 1.26. The second kappa shape index (κ2) is 8.83. The van der Waals surface area contributed by atoms with E-state index in [1.54, 1.807) is 0 Å². The van der Waals surface area contributed by atoms with Gasteiger partial charge in [0.2, 0.25) is 0 Å². The van der Waals surface area contributed by atoms with Crippen LogP contribution < -0.4 is 5.73 Å². The fourth-order valence-electron chi connectivity index (χ4n) is 1.96. The van der Waals surface area contributed by atoms with Gasteiger partial charge in [-0.05, 0) is 56.7 Å². The molecular formula is C20H28N2. The average Bonchev–Trinajstić information content (AvgIpc) is 2.44. The lowest BCUT2D eigenvalue weighted by Gasteiger charge is -2.00. The number of hydrogen-bond acceptors (Lipinski definition) is 2. The van der Waals surface area contributed by atoms with Crippen LogP contribution in [0.3, 0.4) is 0 Å². The number of anilines is 1. The molecule has 2 nitrogen and oxygen atoms in total. The number of pyridine rings is 1. The number of aryl methyl sites for hydroxylation is 3. The zero-order valence-corrected chi connectivity index (χ0v) is 12.2. The zero-order valence-electron chi connectivity index (χ0n) is 12.2. The van der Waals surface area contributed by atoms with Crippen molar-refractivity contribution in [2.75, 3.05) is 5.73 Å². The van der Waals surface area contributed by atoms with Crippen LogP contribution in [0.5, 0.6) is 0 Å². The molecule has 1 aromatic heterocycles. The van der Waals surface area contributed by atoms with Gasteiger partial charge in [0.15, 0.2) is 0 Å². The second-order valence-electron chi connectivity index (χ2n) is 5.06. The van der Waals surface area contributed by atoms with Gasteiger partial charge in [0, 0.05) is 17.3 Å². The number of benzene rings is 2. The van der Waals surface area contributed by atoms with E-state index in [1.807, 2.05) is 43.5 Å². The van der Waals surface area contributed by atoms with E-state index >= 15 is 0 Å². The first-order valence-corrected chi connectivity index (χ1v) is 6.70. The van der Waals surface area contributed by atoms with Crippen LogP contribution in [-0.4, -0.2) is 4.98 Å². The molecular weight excluding hydrogens is 268 g/mol. The summed E-state index contributed by atoms with van der Waals surface area (Å²) in [7, 11) is 0. The van der Waals surface area contributed by atoms with Crippen LogP contribution in [0.4, 0.5) is 5.69 Å². The molecule has 0 amide bonds. The van der Waals surface area contributed by atoms with Crippen molar-refractivity contribution in [1.29, 1.82) is 0 Å². The minimum absolute atomic E-state index is 0. The maximum Gasteiger partial charge on any atom is 0.0704 e. The summed E-state index contributed by atoms with van der Waals surface area (Å²) >= 11 is 0. The molecule has 2 N–H and O–H groups in total. The molecule has 118 valence electrons. The molecule has 22 heavy (non-hydrogen) atoms. The van der Waals surface area contributed by atoms with Gasteiger partial charge in [-0.3, -0.25) is 4.98 Å². The first-order chi connectivity index (χ1) is 9.56. The van der Waals surface area contributed by atoms with Gasteiger partial charge in [0.25, 0.3) is 0 Å². The number of aromatic nitrogens is 1. The smallest absolute Gasteiger partial charge is 0.0704 e. The predicted octanol–water partition coefficient (Wildman–Crippen LogP) is 5.70. The molecule has 0 atom stereocenters. The van der Waals surface area contributed by atoms with Crippen LogP contribution in [0.15, 0.2) is 54.7 Å². The molecule has 0 aliphatic heterocycles. The summed E-state index contributed by atoms with van der Waals surface area (Å²) in [6.07, 6.45) is 1.85. The Morgan fingerprint density at radius 1 is 0.773 bits per heavy atom. The van der Waals surface area contributed by atoms with Crippen LogP contribution in [0.2, 0.25) is 0 Å². The largest absolute Gasteiger partial charge is 0.399 e. The van der Waals surface area contributed by atoms with Crippen LogP contribution in [-0.2, 0) is 0 Å². The third kappa shape index (κ3) is 5.21. The fraction of sp³-hybridized carbons (Fsp3) is 0.250. The van der Waals surface area contributed by atoms with Crippen molar-refractivity contribution < 1.29 is 0 Å². The van der Waals surface area contributed by atoms with Crippen molar-refractivity contribution in [2.45, 2.75) is 35.6 Å². The van der Waals surface area contributed by atoms with E-state index in [4.69, 9.17) is 5.73 Å². The first kappa shape index (κ1) is 19.7. The van der Waals surface area contributed by atoms with Gasteiger partial charge in [0.05, 0.1) is 5.52 Å². The maximum atomic E-state index is 5.43. The number of nitrogens with two attached hydrogens (primary N) is 1. The fourth-order valence-corrected chi connectivity index (χ4v) is 1.96. The highest BCUT2D eigenvalue weighted by atomic mass is 14.6. The van der Waals surface area contributed by atoms with E-state index in [1.165, 1.54) is 22.1 Å². The summed E-state index contributed by atoms with van der Waals surface area (Å²) in [5.41, 5.74) is 11.2. The summed E-state index contributed by atoms with van der Waals surface area (Å²) < 4.78 is 0. The highest BCUT2D eigenvalue weighted by Gasteiger charge is 1.96. The molecule has 0 aliphatic rings. The van der Waals surface area contributed by atoms with E-state index in [0.29, 0.717) is 0 Å². The first-order valence-electron chi connectivity index (χ1n) is 6.70. The van der Waals surface area contributed by atoms with Crippen LogP contribution in [0, 0.1) is 20.8 Å². The monoisotopic (exact) mass is 296 g/mol. The van der Waals surface area contributed by atoms with Crippen molar-refractivity contribution in [2.24, 2.45) is 0 Å². The molecule has 2 heteroatoms. The second-order valence-corrected chi connectivity index (χ2v) is 5.06. The molecule has 3 aromatic rings. The normalized spacial score (nSPS) is 9.05. The minimum Gasteiger partial charge on any atom is -0.399 e. The summed E-state index contributed by atoms with van der Waals surface area (Å²) in [5.74, 6) is 0. The third-order valence-corrected chi connectivity index (χ3v) is 3.19. The van der Waals surface area contributed by atoms with Crippen molar-refractivity contribution >= 4 is 16.6 Å². The minimum atomic E-state index is 0. The lowest BCUT2D eigenvalue weighted by atomic mass is 10.1. The van der Waals surface area contributed by atoms with E-state index in [0.717, 1.165) is 11.2 Å².